The Hall–Kier alpha value is 0.110. The number of hydrogen-bond donors (Lipinski definition) is 1. The van der Waals surface area contributed by atoms with E-state index in [0.29, 0.717) is 17.1 Å². The second-order valence-corrected chi connectivity index (χ2v) is 7.80. The van der Waals surface area contributed by atoms with Crippen molar-refractivity contribution in [2.75, 3.05) is 5.75 Å². The number of benzene rings is 1. The maximum absolute atomic E-state index is 6.34. The highest BCUT2D eigenvalue weighted by Crippen LogP contribution is 2.33. The minimum Gasteiger partial charge on any atom is -0.307 e. The summed E-state index contributed by atoms with van der Waals surface area (Å²) < 4.78 is 0. The van der Waals surface area contributed by atoms with E-state index in [1.54, 1.807) is 0 Å². The van der Waals surface area contributed by atoms with Gasteiger partial charge in [-0.2, -0.15) is 11.8 Å². The molecule has 0 heterocycles. The van der Waals surface area contributed by atoms with Crippen molar-refractivity contribution >= 4 is 35.0 Å². The lowest BCUT2D eigenvalue weighted by Gasteiger charge is -2.23. The number of nitrogens with one attached hydrogen (secondary N) is 1. The fraction of sp³-hybridized carbons (Fsp3) is 0.625. The zero-order valence-electron chi connectivity index (χ0n) is 12.2. The Morgan fingerprint density at radius 2 is 2.10 bits per heavy atom. The minimum absolute atomic E-state index is 0.329. The summed E-state index contributed by atoms with van der Waals surface area (Å²) in [4.78, 5) is 0. The molecule has 1 nitrogen and oxygen atoms in total. The third kappa shape index (κ3) is 4.30. The molecule has 1 aromatic rings. The molecule has 0 saturated heterocycles. The minimum atomic E-state index is 0.329. The normalized spacial score (nSPS) is 24.0. The first-order valence-electron chi connectivity index (χ1n) is 7.46. The predicted molar refractivity (Wildman–Crippen MR) is 92.2 cm³/mol. The summed E-state index contributed by atoms with van der Waals surface area (Å²) >= 11 is 14.4. The summed E-state index contributed by atoms with van der Waals surface area (Å²) in [5.74, 6) is 1.22. The first-order chi connectivity index (χ1) is 9.63. The topological polar surface area (TPSA) is 12.0 Å². The Morgan fingerprint density at radius 3 is 2.75 bits per heavy atom. The van der Waals surface area contributed by atoms with Crippen LogP contribution in [-0.4, -0.2) is 17.0 Å². The molecule has 0 radical (unpaired) electrons. The fourth-order valence-corrected chi connectivity index (χ4v) is 4.66. The molecule has 20 heavy (non-hydrogen) atoms. The molecule has 1 saturated carbocycles. The van der Waals surface area contributed by atoms with Crippen LogP contribution in [0, 0.1) is 0 Å². The molecule has 0 amide bonds. The molecule has 0 bridgehead atoms. The maximum Gasteiger partial charge on any atom is 0.0468 e. The molecule has 3 atom stereocenters. The van der Waals surface area contributed by atoms with Gasteiger partial charge in [-0.25, -0.2) is 0 Å². The number of thioether (sulfide) groups is 1. The van der Waals surface area contributed by atoms with Crippen molar-refractivity contribution in [2.45, 2.75) is 56.9 Å². The van der Waals surface area contributed by atoms with Gasteiger partial charge in [-0.3, -0.25) is 0 Å². The van der Waals surface area contributed by atoms with Crippen molar-refractivity contribution in [1.29, 1.82) is 0 Å². The highest BCUT2D eigenvalue weighted by Gasteiger charge is 2.26. The smallest absolute Gasteiger partial charge is 0.0468 e. The van der Waals surface area contributed by atoms with Crippen molar-refractivity contribution in [3.05, 3.63) is 33.8 Å². The summed E-state index contributed by atoms with van der Waals surface area (Å²) in [6.45, 7) is 4.45. The fourth-order valence-electron chi connectivity index (χ4n) is 2.97. The zero-order valence-corrected chi connectivity index (χ0v) is 14.5. The number of rotatable bonds is 6. The zero-order chi connectivity index (χ0) is 14.5. The van der Waals surface area contributed by atoms with Gasteiger partial charge in [0.25, 0.3) is 0 Å². The van der Waals surface area contributed by atoms with Crippen molar-refractivity contribution in [2.24, 2.45) is 0 Å². The second kappa shape index (κ2) is 7.93. The molecule has 1 fully saturated rings. The van der Waals surface area contributed by atoms with E-state index in [1.807, 2.05) is 12.1 Å². The standard InChI is InChI=1S/C16H23Cl2NS/c1-3-16(14-8-5-11(17)9-15(14)18)19-12-6-7-13(10-12)20-4-2/h5,8-9,12-13,16,19H,3-4,6-7,10H2,1-2H3. The van der Waals surface area contributed by atoms with Gasteiger partial charge in [-0.15, -0.1) is 0 Å². The highest BCUT2D eigenvalue weighted by molar-refractivity contribution is 7.99. The first kappa shape index (κ1) is 16.5. The van der Waals surface area contributed by atoms with Gasteiger partial charge < -0.3 is 5.32 Å². The van der Waals surface area contributed by atoms with E-state index in [2.05, 4.69) is 37.0 Å². The van der Waals surface area contributed by atoms with Crippen LogP contribution in [0.1, 0.15) is 51.1 Å². The van der Waals surface area contributed by atoms with E-state index < -0.39 is 0 Å². The lowest BCUT2D eigenvalue weighted by atomic mass is 10.0. The van der Waals surface area contributed by atoms with Crippen LogP contribution in [0.15, 0.2) is 18.2 Å². The molecule has 112 valence electrons. The third-order valence-electron chi connectivity index (χ3n) is 3.97. The Labute approximate surface area is 136 Å². The lowest BCUT2D eigenvalue weighted by Crippen LogP contribution is -2.31. The summed E-state index contributed by atoms with van der Waals surface area (Å²) in [5.41, 5.74) is 1.17. The lowest BCUT2D eigenvalue weighted by molar-refractivity contribution is 0.431. The molecule has 3 unspecified atom stereocenters. The summed E-state index contributed by atoms with van der Waals surface area (Å²) in [5, 5.41) is 6.09. The molecule has 1 aromatic carbocycles. The van der Waals surface area contributed by atoms with Crippen LogP contribution in [0.25, 0.3) is 0 Å². The average molecular weight is 332 g/mol. The Bertz CT molecular complexity index is 438. The largest absolute Gasteiger partial charge is 0.307 e. The van der Waals surface area contributed by atoms with Crippen LogP contribution in [0.3, 0.4) is 0 Å². The molecule has 1 aliphatic rings. The van der Waals surface area contributed by atoms with Gasteiger partial charge in [0.15, 0.2) is 0 Å². The van der Waals surface area contributed by atoms with E-state index in [9.17, 15) is 0 Å². The predicted octanol–water partition coefficient (Wildman–Crippen LogP) is 5.71. The number of halogens is 2. The highest BCUT2D eigenvalue weighted by atomic mass is 35.5. The summed E-state index contributed by atoms with van der Waals surface area (Å²) in [6.07, 6.45) is 4.93. The summed E-state index contributed by atoms with van der Waals surface area (Å²) in [7, 11) is 0. The Balaban J connectivity index is 1.99. The van der Waals surface area contributed by atoms with Crippen molar-refractivity contribution in [3.8, 4) is 0 Å². The van der Waals surface area contributed by atoms with E-state index in [4.69, 9.17) is 23.2 Å². The molecule has 1 N–H and O–H groups in total. The van der Waals surface area contributed by atoms with Crippen LogP contribution in [0.5, 0.6) is 0 Å². The molecule has 1 aliphatic carbocycles. The van der Waals surface area contributed by atoms with E-state index in [-0.39, 0.29) is 0 Å². The van der Waals surface area contributed by atoms with Crippen LogP contribution >= 0.6 is 35.0 Å². The number of hydrogen-bond acceptors (Lipinski definition) is 2. The van der Waals surface area contributed by atoms with Gasteiger partial charge in [0.2, 0.25) is 0 Å². The van der Waals surface area contributed by atoms with Crippen LogP contribution < -0.4 is 5.32 Å². The van der Waals surface area contributed by atoms with Gasteiger partial charge in [0.1, 0.15) is 0 Å². The monoisotopic (exact) mass is 331 g/mol. The van der Waals surface area contributed by atoms with E-state index in [0.717, 1.165) is 16.7 Å². The third-order valence-corrected chi connectivity index (χ3v) is 5.77. The van der Waals surface area contributed by atoms with Gasteiger partial charge in [-0.1, -0.05) is 43.1 Å². The molecular weight excluding hydrogens is 309 g/mol. The first-order valence-corrected chi connectivity index (χ1v) is 9.27. The van der Waals surface area contributed by atoms with Crippen molar-refractivity contribution in [1.82, 2.24) is 5.32 Å². The Morgan fingerprint density at radius 1 is 1.30 bits per heavy atom. The van der Waals surface area contributed by atoms with Gasteiger partial charge in [-0.05, 0) is 49.1 Å². The quantitative estimate of drug-likeness (QED) is 0.716. The van der Waals surface area contributed by atoms with Crippen LogP contribution in [0.4, 0.5) is 0 Å². The van der Waals surface area contributed by atoms with Gasteiger partial charge in [0.05, 0.1) is 0 Å². The van der Waals surface area contributed by atoms with E-state index in [1.165, 1.54) is 30.6 Å². The maximum atomic E-state index is 6.34. The SMILES string of the molecule is CCSC1CCC(NC(CC)c2ccc(Cl)cc2Cl)C1. The molecule has 0 aromatic heterocycles. The average Bonchev–Trinajstić information content (AvgIpc) is 2.84. The van der Waals surface area contributed by atoms with Crippen LogP contribution in [-0.2, 0) is 0 Å². The van der Waals surface area contributed by atoms with Crippen molar-refractivity contribution < 1.29 is 0 Å². The van der Waals surface area contributed by atoms with Crippen LogP contribution in [0.2, 0.25) is 10.0 Å². The summed E-state index contributed by atoms with van der Waals surface area (Å²) in [6, 6.07) is 6.77. The molecule has 0 aliphatic heterocycles. The van der Waals surface area contributed by atoms with E-state index >= 15 is 0 Å². The van der Waals surface area contributed by atoms with Gasteiger partial charge in [0, 0.05) is 27.4 Å². The van der Waals surface area contributed by atoms with Crippen molar-refractivity contribution in [3.63, 3.8) is 0 Å². The Kier molecular flexibility index (Phi) is 6.54. The molecule has 2 rings (SSSR count). The second-order valence-electron chi connectivity index (χ2n) is 5.38. The van der Waals surface area contributed by atoms with Gasteiger partial charge >= 0.3 is 0 Å². The molecular formula is C16H23Cl2NS. The molecule has 4 heteroatoms. The molecule has 0 spiro atoms.